The van der Waals surface area contributed by atoms with Crippen LogP contribution in [0, 0.1) is 10.8 Å². The highest BCUT2D eigenvalue weighted by atomic mass is 35.5. The lowest BCUT2D eigenvalue weighted by Gasteiger charge is -2.39. The van der Waals surface area contributed by atoms with Gasteiger partial charge in [0, 0.05) is 11.8 Å². The number of carbonyl (C=O) groups is 4. The van der Waals surface area contributed by atoms with Gasteiger partial charge in [-0.1, -0.05) is 70.8 Å². The Kier molecular flexibility index (Phi) is 9.97. The van der Waals surface area contributed by atoms with Crippen LogP contribution in [0.15, 0.2) is 36.4 Å². The van der Waals surface area contributed by atoms with E-state index in [-0.39, 0.29) is 28.6 Å². The summed E-state index contributed by atoms with van der Waals surface area (Å²) in [6.45, 7) is 11.4. The van der Waals surface area contributed by atoms with Crippen molar-refractivity contribution in [3.63, 3.8) is 0 Å². The summed E-state index contributed by atoms with van der Waals surface area (Å²) in [4.78, 5) is 51.7. The fraction of sp³-hybridized carbons (Fsp3) is 0.429. The van der Waals surface area contributed by atoms with Gasteiger partial charge in [-0.05, 0) is 40.7 Å². The third kappa shape index (κ3) is 7.95. The van der Waals surface area contributed by atoms with Crippen LogP contribution in [0.3, 0.4) is 0 Å². The van der Waals surface area contributed by atoms with Gasteiger partial charge in [-0.25, -0.2) is 9.59 Å². The number of esters is 1. The third-order valence-electron chi connectivity index (χ3n) is 5.69. The first-order chi connectivity index (χ1) is 17.4. The quantitative estimate of drug-likeness (QED) is 0.219. The van der Waals surface area contributed by atoms with E-state index in [4.69, 9.17) is 32.7 Å². The smallest absolute Gasteiger partial charge is 0.375 e. The second kappa shape index (κ2) is 12.2. The van der Waals surface area contributed by atoms with Gasteiger partial charge in [0.2, 0.25) is 11.7 Å². The normalized spacial score (nSPS) is 11.7. The van der Waals surface area contributed by atoms with E-state index in [1.807, 2.05) is 41.5 Å². The maximum atomic E-state index is 13.4. The molecule has 10 heteroatoms. The first kappa shape index (κ1) is 31.1. The van der Waals surface area contributed by atoms with E-state index in [0.717, 1.165) is 0 Å². The van der Waals surface area contributed by atoms with Crippen LogP contribution in [0.2, 0.25) is 10.0 Å². The topological polar surface area (TPSA) is 110 Å². The zero-order valence-corrected chi connectivity index (χ0v) is 24.1. The van der Waals surface area contributed by atoms with Crippen molar-refractivity contribution in [1.29, 1.82) is 0 Å². The predicted octanol–water partition coefficient (Wildman–Crippen LogP) is 6.20. The van der Waals surface area contributed by atoms with E-state index in [1.165, 1.54) is 30.2 Å². The van der Waals surface area contributed by atoms with Gasteiger partial charge in [-0.2, -0.15) is 0 Å². The highest BCUT2D eigenvalue weighted by Gasteiger charge is 2.39. The number of Topliss-reactive ketones (excluding diaryl/α,β-unsaturated/α-hetero) is 1. The molecule has 0 aliphatic rings. The van der Waals surface area contributed by atoms with E-state index < -0.39 is 47.0 Å². The number of nitrogens with zero attached hydrogens (tertiary/aromatic N) is 1. The lowest BCUT2D eigenvalue weighted by molar-refractivity contribution is -0.169. The number of methoxy groups -OCH3 is 1. The molecule has 0 unspecified atom stereocenters. The van der Waals surface area contributed by atoms with Crippen molar-refractivity contribution in [2.24, 2.45) is 10.8 Å². The molecule has 0 radical (unpaired) electrons. The Morgan fingerprint density at radius 3 is 2.03 bits per heavy atom. The Hall–Kier alpha value is -3.10. The second-order valence-electron chi connectivity index (χ2n) is 11.0. The van der Waals surface area contributed by atoms with Gasteiger partial charge in [0.15, 0.2) is 0 Å². The summed E-state index contributed by atoms with van der Waals surface area (Å²) in [5.74, 6) is -3.98. The lowest BCUT2D eigenvalue weighted by Crippen LogP contribution is -2.44. The minimum absolute atomic E-state index is 0.0193. The first-order valence-corrected chi connectivity index (χ1v) is 12.6. The molecule has 0 saturated heterocycles. The van der Waals surface area contributed by atoms with E-state index >= 15 is 0 Å². The summed E-state index contributed by atoms with van der Waals surface area (Å²) in [6.07, 6.45) is -1.34. The standard InChI is InChI=1S/C28H33Cl2NO7/c1-27(2,3)26(28(4,5)6)38-25(36)21(32)14-23(33)31(15-16-8-11-19(29)20(30)12-16)17-9-10-18(24(34)35)22(13-17)37-7/h8-13,26H,14-15H2,1-7H3,(H,34,35). The molecular weight excluding hydrogens is 533 g/mol. The summed E-state index contributed by atoms with van der Waals surface area (Å²) in [7, 11) is 1.30. The van der Waals surface area contributed by atoms with Crippen LogP contribution >= 0.6 is 23.2 Å². The van der Waals surface area contributed by atoms with Gasteiger partial charge in [0.25, 0.3) is 0 Å². The average Bonchev–Trinajstić information content (AvgIpc) is 2.80. The maximum absolute atomic E-state index is 13.4. The molecule has 8 nitrogen and oxygen atoms in total. The molecule has 0 aromatic heterocycles. The molecule has 0 bridgehead atoms. The van der Waals surface area contributed by atoms with Crippen molar-refractivity contribution in [2.45, 2.75) is 60.6 Å². The molecule has 2 aromatic carbocycles. The number of benzene rings is 2. The van der Waals surface area contributed by atoms with Crippen molar-refractivity contribution in [1.82, 2.24) is 0 Å². The Bertz CT molecular complexity index is 1210. The highest BCUT2D eigenvalue weighted by molar-refractivity contribution is 6.42. The zero-order chi connectivity index (χ0) is 29.0. The second-order valence-corrected chi connectivity index (χ2v) is 11.8. The van der Waals surface area contributed by atoms with Crippen molar-refractivity contribution in [3.05, 3.63) is 57.6 Å². The predicted molar refractivity (Wildman–Crippen MR) is 146 cm³/mol. The molecule has 0 fully saturated rings. The number of hydrogen-bond donors (Lipinski definition) is 1. The number of halogens is 2. The van der Waals surface area contributed by atoms with Crippen LogP contribution in [0.5, 0.6) is 5.75 Å². The number of rotatable bonds is 9. The molecule has 1 amide bonds. The fourth-order valence-corrected chi connectivity index (χ4v) is 4.62. The molecule has 2 aromatic rings. The summed E-state index contributed by atoms with van der Waals surface area (Å²) >= 11 is 12.1. The average molecular weight is 566 g/mol. The van der Waals surface area contributed by atoms with Crippen LogP contribution in [0.1, 0.15) is 63.9 Å². The Labute approximate surface area is 232 Å². The number of hydrogen-bond acceptors (Lipinski definition) is 6. The third-order valence-corrected chi connectivity index (χ3v) is 6.43. The number of carboxylic acid groups (broad SMARTS) is 1. The van der Waals surface area contributed by atoms with Crippen molar-refractivity contribution < 1.29 is 33.8 Å². The zero-order valence-electron chi connectivity index (χ0n) is 22.6. The van der Waals surface area contributed by atoms with Crippen LogP contribution in [0.4, 0.5) is 5.69 Å². The van der Waals surface area contributed by atoms with Crippen LogP contribution < -0.4 is 9.64 Å². The highest BCUT2D eigenvalue weighted by Crippen LogP contribution is 2.36. The maximum Gasteiger partial charge on any atom is 0.375 e. The molecule has 0 heterocycles. The summed E-state index contributed by atoms with van der Waals surface area (Å²) in [6, 6.07) is 8.87. The molecule has 1 N–H and O–H groups in total. The van der Waals surface area contributed by atoms with E-state index in [0.29, 0.717) is 10.6 Å². The minimum atomic E-state index is -1.21. The van der Waals surface area contributed by atoms with Gasteiger partial charge < -0.3 is 19.5 Å². The first-order valence-electron chi connectivity index (χ1n) is 11.8. The SMILES string of the molecule is COc1cc(N(Cc2ccc(Cl)c(Cl)c2)C(=O)CC(=O)C(=O)OC(C(C)(C)C)C(C)(C)C)ccc1C(=O)O. The van der Waals surface area contributed by atoms with E-state index in [2.05, 4.69) is 0 Å². The summed E-state index contributed by atoms with van der Waals surface area (Å²) in [5.41, 5.74) is -0.148. The van der Waals surface area contributed by atoms with Crippen molar-refractivity contribution in [2.75, 3.05) is 12.0 Å². The minimum Gasteiger partial charge on any atom is -0.496 e. The van der Waals surface area contributed by atoms with Crippen molar-refractivity contribution >= 4 is 52.5 Å². The van der Waals surface area contributed by atoms with E-state index in [1.54, 1.807) is 18.2 Å². The molecule has 206 valence electrons. The van der Waals surface area contributed by atoms with Gasteiger partial charge in [-0.3, -0.25) is 9.59 Å². The van der Waals surface area contributed by atoms with Gasteiger partial charge in [0.05, 0.1) is 30.1 Å². The largest absolute Gasteiger partial charge is 0.496 e. The van der Waals surface area contributed by atoms with Crippen LogP contribution in [-0.2, 0) is 25.7 Å². The number of amides is 1. The molecule has 0 aliphatic heterocycles. The number of carbonyl (C=O) groups excluding carboxylic acids is 3. The number of ether oxygens (including phenoxy) is 2. The van der Waals surface area contributed by atoms with Crippen molar-refractivity contribution in [3.8, 4) is 5.75 Å². The van der Waals surface area contributed by atoms with E-state index in [9.17, 15) is 24.3 Å². The van der Waals surface area contributed by atoms with Gasteiger partial charge in [-0.15, -0.1) is 0 Å². The number of anilines is 1. The monoisotopic (exact) mass is 565 g/mol. The molecule has 38 heavy (non-hydrogen) atoms. The summed E-state index contributed by atoms with van der Waals surface area (Å²) in [5, 5.41) is 10.0. The van der Waals surface area contributed by atoms with Gasteiger partial charge in [0.1, 0.15) is 17.4 Å². The Morgan fingerprint density at radius 2 is 1.53 bits per heavy atom. The molecule has 0 atom stereocenters. The molecule has 0 saturated carbocycles. The molecular formula is C28H33Cl2NO7. The lowest BCUT2D eigenvalue weighted by atomic mass is 9.74. The molecule has 2 rings (SSSR count). The van der Waals surface area contributed by atoms with Gasteiger partial charge >= 0.3 is 11.9 Å². The Morgan fingerprint density at radius 1 is 0.921 bits per heavy atom. The number of ketones is 1. The fourth-order valence-electron chi connectivity index (χ4n) is 4.30. The number of carboxylic acids is 1. The summed E-state index contributed by atoms with van der Waals surface area (Å²) < 4.78 is 10.8. The molecule has 0 spiro atoms. The number of aromatic carboxylic acids is 1. The Balaban J connectivity index is 2.39. The van der Waals surface area contributed by atoms with Crippen LogP contribution in [-0.4, -0.2) is 41.9 Å². The van der Waals surface area contributed by atoms with Crippen LogP contribution in [0.25, 0.3) is 0 Å². The molecule has 0 aliphatic carbocycles.